The van der Waals surface area contributed by atoms with E-state index in [0.717, 1.165) is 29.7 Å². The first-order valence-electron chi connectivity index (χ1n) is 12.1. The maximum Gasteiger partial charge on any atom is 0.407 e. The summed E-state index contributed by atoms with van der Waals surface area (Å²) in [7, 11) is 2.12. The highest BCUT2D eigenvalue weighted by atomic mass is 16.6. The molecule has 1 aromatic heterocycles. The van der Waals surface area contributed by atoms with Gasteiger partial charge in [-0.05, 0) is 80.1 Å². The number of hydrogen-bond acceptors (Lipinski definition) is 3. The average Bonchev–Trinajstić information content (AvgIpc) is 3.17. The number of alkyl carbamates (subject to hydrolysis) is 1. The summed E-state index contributed by atoms with van der Waals surface area (Å²) in [6, 6.07) is 19.6. The molecule has 0 saturated heterocycles. The topological polar surface area (TPSA) is 67.0 Å². The first-order chi connectivity index (χ1) is 16.1. The van der Waals surface area contributed by atoms with Gasteiger partial charge in [-0.15, -0.1) is 0 Å². The summed E-state index contributed by atoms with van der Waals surface area (Å²) in [6.45, 7) is 9.77. The van der Waals surface area contributed by atoms with Crippen LogP contribution in [0.3, 0.4) is 0 Å². The van der Waals surface area contributed by atoms with E-state index in [9.17, 15) is 4.79 Å². The third kappa shape index (κ3) is 5.80. The molecule has 34 heavy (non-hydrogen) atoms. The van der Waals surface area contributed by atoms with Crippen molar-refractivity contribution in [3.63, 3.8) is 0 Å². The number of benzene rings is 3. The van der Waals surface area contributed by atoms with Crippen LogP contribution in [0.15, 0.2) is 54.6 Å². The Morgan fingerprint density at radius 2 is 1.71 bits per heavy atom. The fourth-order valence-electron chi connectivity index (χ4n) is 4.16. The Hall–Kier alpha value is -3.28. The van der Waals surface area contributed by atoms with Crippen molar-refractivity contribution in [1.29, 1.82) is 0 Å². The lowest BCUT2D eigenvalue weighted by molar-refractivity contribution is 0.0493. The second kappa shape index (κ2) is 9.53. The van der Waals surface area contributed by atoms with Crippen molar-refractivity contribution in [2.24, 2.45) is 5.92 Å². The van der Waals surface area contributed by atoms with Gasteiger partial charge in [0, 0.05) is 12.5 Å². The van der Waals surface area contributed by atoms with Crippen molar-refractivity contribution in [3.05, 3.63) is 60.4 Å². The van der Waals surface area contributed by atoms with E-state index in [4.69, 9.17) is 9.72 Å². The van der Waals surface area contributed by atoms with Gasteiger partial charge in [-0.3, -0.25) is 0 Å². The van der Waals surface area contributed by atoms with Gasteiger partial charge in [0.15, 0.2) is 0 Å². The number of hydrogen-bond donors (Lipinski definition) is 2. The van der Waals surface area contributed by atoms with Gasteiger partial charge in [0.25, 0.3) is 0 Å². The van der Waals surface area contributed by atoms with Gasteiger partial charge in [0.2, 0.25) is 0 Å². The highest BCUT2D eigenvalue weighted by molar-refractivity contribution is 6.33. The number of aromatic nitrogens is 2. The Balaban J connectivity index is 1.42. The van der Waals surface area contributed by atoms with Crippen LogP contribution in [0, 0.1) is 5.92 Å². The zero-order valence-corrected chi connectivity index (χ0v) is 21.0. The number of fused-ring (bicyclic) bond motifs is 2. The van der Waals surface area contributed by atoms with Crippen LogP contribution in [-0.4, -0.2) is 35.6 Å². The minimum absolute atomic E-state index is 0.0162. The quantitative estimate of drug-likeness (QED) is 0.397. The van der Waals surface area contributed by atoms with Crippen LogP contribution in [0.2, 0.25) is 0 Å². The molecule has 2 atom stereocenters. The second-order valence-electron chi connectivity index (χ2n) is 10.4. The predicted octanol–water partition coefficient (Wildman–Crippen LogP) is 5.12. The van der Waals surface area contributed by atoms with Gasteiger partial charge in [0.1, 0.15) is 19.3 Å². The SMILES string of the molecule is Bc1ccc2cc(-c3ccc4nc(CC[C@@H](C)[C@@H](C)NC(=O)OC(C)(C)C)[nH]c4c3)ccc2c1. The van der Waals surface area contributed by atoms with E-state index in [2.05, 4.69) is 79.7 Å². The fraction of sp³-hybridized carbons (Fsp3) is 0.357. The maximum atomic E-state index is 12.0. The summed E-state index contributed by atoms with van der Waals surface area (Å²) in [6.07, 6.45) is 1.36. The molecule has 0 unspecified atom stereocenters. The molecule has 0 fully saturated rings. The molecule has 0 aliphatic rings. The van der Waals surface area contributed by atoms with Crippen LogP contribution >= 0.6 is 0 Å². The van der Waals surface area contributed by atoms with Crippen molar-refractivity contribution >= 4 is 41.2 Å². The molecule has 1 heterocycles. The number of nitrogens with one attached hydrogen (secondary N) is 2. The van der Waals surface area contributed by atoms with Gasteiger partial charge in [-0.1, -0.05) is 48.8 Å². The first-order valence-corrected chi connectivity index (χ1v) is 12.1. The zero-order chi connectivity index (χ0) is 24.5. The molecular weight excluding hydrogens is 421 g/mol. The monoisotopic (exact) mass is 455 g/mol. The van der Waals surface area contributed by atoms with Crippen LogP contribution in [-0.2, 0) is 11.2 Å². The first kappa shape index (κ1) is 23.9. The number of H-pyrrole nitrogens is 1. The van der Waals surface area contributed by atoms with Gasteiger partial charge in [-0.25, -0.2) is 9.78 Å². The number of rotatable bonds is 6. The molecule has 0 aliphatic carbocycles. The van der Waals surface area contributed by atoms with Gasteiger partial charge in [0.05, 0.1) is 11.0 Å². The lowest BCUT2D eigenvalue weighted by atomic mass is 9.92. The van der Waals surface area contributed by atoms with E-state index in [1.54, 1.807) is 0 Å². The van der Waals surface area contributed by atoms with Crippen LogP contribution in [0.5, 0.6) is 0 Å². The minimum atomic E-state index is -0.494. The summed E-state index contributed by atoms with van der Waals surface area (Å²) in [4.78, 5) is 20.3. The van der Waals surface area contributed by atoms with Crippen LogP contribution < -0.4 is 10.8 Å². The molecular formula is C28H34BN3O2. The second-order valence-corrected chi connectivity index (χ2v) is 10.4. The molecule has 5 nitrogen and oxygen atoms in total. The largest absolute Gasteiger partial charge is 0.444 e. The number of aromatic amines is 1. The van der Waals surface area contributed by atoms with E-state index in [0.29, 0.717) is 0 Å². The summed E-state index contributed by atoms with van der Waals surface area (Å²) in [5.41, 5.74) is 5.17. The Labute approximate surface area is 202 Å². The summed E-state index contributed by atoms with van der Waals surface area (Å²) < 4.78 is 5.37. The van der Waals surface area contributed by atoms with E-state index < -0.39 is 5.60 Å². The molecule has 0 spiro atoms. The third-order valence-electron chi connectivity index (χ3n) is 6.29. The lowest BCUT2D eigenvalue weighted by Gasteiger charge is -2.24. The maximum absolute atomic E-state index is 12.0. The molecule has 2 N–H and O–H groups in total. The molecule has 4 aromatic rings. The Kier molecular flexibility index (Phi) is 6.69. The summed E-state index contributed by atoms with van der Waals surface area (Å²) in [5.74, 6) is 1.26. The average molecular weight is 455 g/mol. The van der Waals surface area contributed by atoms with E-state index in [1.165, 1.54) is 27.4 Å². The van der Waals surface area contributed by atoms with E-state index in [-0.39, 0.29) is 18.1 Å². The van der Waals surface area contributed by atoms with Crippen LogP contribution in [0.4, 0.5) is 4.79 Å². The summed E-state index contributed by atoms with van der Waals surface area (Å²) in [5, 5.41) is 5.46. The molecule has 0 saturated carbocycles. The highest BCUT2D eigenvalue weighted by Gasteiger charge is 2.20. The molecule has 3 aromatic carbocycles. The van der Waals surface area contributed by atoms with Crippen molar-refractivity contribution in [3.8, 4) is 11.1 Å². The van der Waals surface area contributed by atoms with Crippen molar-refractivity contribution in [2.75, 3.05) is 0 Å². The minimum Gasteiger partial charge on any atom is -0.444 e. The number of ether oxygens (including phenoxy) is 1. The molecule has 0 aliphatic heterocycles. The molecule has 1 amide bonds. The standard InChI is InChI=1S/C28H34BN3O2/c1-17(18(2)30-27(33)34-28(3,4)5)6-13-26-31-24-12-10-22(16-25(24)32-26)19-7-8-21-15-23(29)11-9-20(21)14-19/h7-12,14-18H,6,13,29H2,1-5H3,(H,30,33)(H,31,32)/t17-,18-/m1/s1. The van der Waals surface area contributed by atoms with Crippen LogP contribution in [0.1, 0.15) is 46.9 Å². The fourth-order valence-corrected chi connectivity index (χ4v) is 4.16. The number of carbonyl (C=O) groups is 1. The van der Waals surface area contributed by atoms with Crippen molar-refractivity contribution < 1.29 is 9.53 Å². The molecule has 6 heteroatoms. The predicted molar refractivity (Wildman–Crippen MR) is 144 cm³/mol. The van der Waals surface area contributed by atoms with E-state index in [1.807, 2.05) is 27.7 Å². The summed E-state index contributed by atoms with van der Waals surface area (Å²) >= 11 is 0. The number of amides is 1. The third-order valence-corrected chi connectivity index (χ3v) is 6.29. The smallest absolute Gasteiger partial charge is 0.407 e. The Morgan fingerprint density at radius 1 is 1.03 bits per heavy atom. The molecule has 176 valence electrons. The lowest BCUT2D eigenvalue weighted by Crippen LogP contribution is -2.40. The number of imidazole rings is 1. The highest BCUT2D eigenvalue weighted by Crippen LogP contribution is 2.27. The van der Waals surface area contributed by atoms with Crippen LogP contribution in [0.25, 0.3) is 32.9 Å². The van der Waals surface area contributed by atoms with E-state index >= 15 is 0 Å². The number of aryl methyl sites for hydroxylation is 1. The van der Waals surface area contributed by atoms with Gasteiger partial charge < -0.3 is 15.0 Å². The Morgan fingerprint density at radius 3 is 2.47 bits per heavy atom. The van der Waals surface area contributed by atoms with Crippen molar-refractivity contribution in [2.45, 2.75) is 59.1 Å². The molecule has 0 bridgehead atoms. The molecule has 0 radical (unpaired) electrons. The van der Waals surface area contributed by atoms with Gasteiger partial charge >= 0.3 is 6.09 Å². The van der Waals surface area contributed by atoms with Gasteiger partial charge in [-0.2, -0.15) is 0 Å². The molecule has 4 rings (SSSR count). The zero-order valence-electron chi connectivity index (χ0n) is 21.0. The number of carbonyl (C=O) groups excluding carboxylic acids is 1. The van der Waals surface area contributed by atoms with Crippen molar-refractivity contribution in [1.82, 2.24) is 15.3 Å². The normalized spacial score (nSPS) is 13.7. The Bertz CT molecular complexity index is 1320. The number of nitrogens with zero attached hydrogens (tertiary/aromatic N) is 1.